The summed E-state index contributed by atoms with van der Waals surface area (Å²) in [5.41, 5.74) is 0.203. The van der Waals surface area contributed by atoms with Crippen molar-refractivity contribution in [2.24, 2.45) is 11.0 Å². The molecule has 2 aliphatic heterocycles. The number of sulfone groups is 1. The van der Waals surface area contributed by atoms with Crippen LogP contribution in [-0.2, 0) is 25.8 Å². The average molecular weight is 399 g/mol. The van der Waals surface area contributed by atoms with E-state index in [2.05, 4.69) is 34.5 Å². The number of anilines is 1. The summed E-state index contributed by atoms with van der Waals surface area (Å²) in [6.07, 6.45) is 1.49. The Morgan fingerprint density at radius 3 is 2.77 bits per heavy atom. The third-order valence-corrected chi connectivity index (χ3v) is 6.76. The van der Waals surface area contributed by atoms with Crippen LogP contribution in [0.15, 0.2) is 5.10 Å². The van der Waals surface area contributed by atoms with E-state index in [0.29, 0.717) is 17.5 Å². The zero-order valence-electron chi connectivity index (χ0n) is 14.6. The van der Waals surface area contributed by atoms with Crippen molar-refractivity contribution in [1.29, 1.82) is 0 Å². The third kappa shape index (κ3) is 4.44. The summed E-state index contributed by atoms with van der Waals surface area (Å²) in [5, 5.41) is 17.2. The molecule has 9 nitrogen and oxygen atoms in total. The van der Waals surface area contributed by atoms with Crippen LogP contribution in [0.2, 0.25) is 0 Å². The van der Waals surface area contributed by atoms with Crippen molar-refractivity contribution in [3.63, 3.8) is 0 Å². The highest BCUT2D eigenvalue weighted by molar-refractivity contribution is 7.91. The molecule has 1 saturated heterocycles. The van der Waals surface area contributed by atoms with E-state index in [1.165, 1.54) is 16.3 Å². The van der Waals surface area contributed by atoms with Crippen LogP contribution >= 0.6 is 11.3 Å². The van der Waals surface area contributed by atoms with Crippen molar-refractivity contribution in [1.82, 2.24) is 15.2 Å². The van der Waals surface area contributed by atoms with Gasteiger partial charge in [0.05, 0.1) is 17.5 Å². The summed E-state index contributed by atoms with van der Waals surface area (Å²) in [5.74, 6) is -0.306. The van der Waals surface area contributed by atoms with Crippen molar-refractivity contribution < 1.29 is 18.0 Å². The van der Waals surface area contributed by atoms with Gasteiger partial charge in [-0.25, -0.2) is 13.4 Å². The maximum Gasteiger partial charge on any atom is 0.273 e. The molecule has 1 aromatic rings. The Hall–Kier alpha value is -1.88. The predicted molar refractivity (Wildman–Crippen MR) is 97.7 cm³/mol. The zero-order chi connectivity index (χ0) is 18.9. The summed E-state index contributed by atoms with van der Waals surface area (Å²) in [7, 11) is -3.14. The Bertz CT molecular complexity index is 846. The van der Waals surface area contributed by atoms with Gasteiger partial charge in [0.2, 0.25) is 11.0 Å². The Labute approximate surface area is 155 Å². The molecule has 1 aromatic heterocycles. The summed E-state index contributed by atoms with van der Waals surface area (Å²) in [6.45, 7) is 4.15. The smallest absolute Gasteiger partial charge is 0.273 e. The van der Waals surface area contributed by atoms with Gasteiger partial charge >= 0.3 is 0 Å². The van der Waals surface area contributed by atoms with Gasteiger partial charge in [-0.1, -0.05) is 25.2 Å². The minimum absolute atomic E-state index is 0.0436. The van der Waals surface area contributed by atoms with Crippen LogP contribution in [0, 0.1) is 5.92 Å². The van der Waals surface area contributed by atoms with E-state index in [-0.39, 0.29) is 36.0 Å². The first-order valence-electron chi connectivity index (χ1n) is 8.47. The van der Waals surface area contributed by atoms with E-state index in [0.717, 1.165) is 11.4 Å². The summed E-state index contributed by atoms with van der Waals surface area (Å²) in [4.78, 5) is 24.5. The van der Waals surface area contributed by atoms with E-state index in [9.17, 15) is 18.0 Å². The molecule has 2 aliphatic rings. The number of hydrogen-bond acceptors (Lipinski definition) is 8. The predicted octanol–water partition coefficient (Wildman–Crippen LogP) is 0.841. The van der Waals surface area contributed by atoms with E-state index < -0.39 is 21.8 Å². The van der Waals surface area contributed by atoms with Gasteiger partial charge in [0.15, 0.2) is 9.84 Å². The second-order valence-electron chi connectivity index (χ2n) is 6.89. The fourth-order valence-electron chi connectivity index (χ4n) is 2.89. The van der Waals surface area contributed by atoms with Gasteiger partial charge in [-0.05, 0) is 12.3 Å². The summed E-state index contributed by atoms with van der Waals surface area (Å²) in [6, 6.07) is -0.491. The number of rotatable bonds is 5. The van der Waals surface area contributed by atoms with Gasteiger partial charge in [0.1, 0.15) is 10.7 Å². The van der Waals surface area contributed by atoms with Gasteiger partial charge in [0.25, 0.3) is 5.91 Å². The SMILES string of the molecule is CC(C)Cc1nnc(NC(=O)C2=NN([C@@H]3CCS(=O)(=O)C3)C(=O)CC2)s1. The highest BCUT2D eigenvalue weighted by Gasteiger charge is 2.37. The van der Waals surface area contributed by atoms with Crippen LogP contribution in [0.25, 0.3) is 0 Å². The van der Waals surface area contributed by atoms with Crippen molar-refractivity contribution in [3.8, 4) is 0 Å². The van der Waals surface area contributed by atoms with Crippen LogP contribution in [0.5, 0.6) is 0 Å². The van der Waals surface area contributed by atoms with Crippen molar-refractivity contribution >= 4 is 43.8 Å². The maximum absolute atomic E-state index is 12.4. The molecule has 0 saturated carbocycles. The lowest BCUT2D eigenvalue weighted by atomic mass is 10.1. The van der Waals surface area contributed by atoms with Gasteiger partial charge in [-0.3, -0.25) is 14.9 Å². The fourth-order valence-corrected chi connectivity index (χ4v) is 5.53. The highest BCUT2D eigenvalue weighted by Crippen LogP contribution is 2.23. The van der Waals surface area contributed by atoms with Gasteiger partial charge < -0.3 is 0 Å². The van der Waals surface area contributed by atoms with Crippen LogP contribution in [0.1, 0.15) is 38.1 Å². The Kier molecular flexibility index (Phi) is 5.37. The van der Waals surface area contributed by atoms with Crippen molar-refractivity contribution in [3.05, 3.63) is 5.01 Å². The minimum Gasteiger partial charge on any atom is -0.295 e. The van der Waals surface area contributed by atoms with E-state index >= 15 is 0 Å². The molecule has 11 heteroatoms. The highest BCUT2D eigenvalue weighted by atomic mass is 32.2. The zero-order valence-corrected chi connectivity index (χ0v) is 16.3. The van der Waals surface area contributed by atoms with Crippen LogP contribution in [-0.4, -0.2) is 58.7 Å². The van der Waals surface area contributed by atoms with Crippen LogP contribution < -0.4 is 5.32 Å². The monoisotopic (exact) mass is 399 g/mol. The molecule has 26 heavy (non-hydrogen) atoms. The topological polar surface area (TPSA) is 122 Å². The maximum atomic E-state index is 12.4. The lowest BCUT2D eigenvalue weighted by molar-refractivity contribution is -0.133. The number of aromatic nitrogens is 2. The van der Waals surface area contributed by atoms with E-state index in [4.69, 9.17) is 0 Å². The van der Waals surface area contributed by atoms with Gasteiger partial charge in [0, 0.05) is 19.3 Å². The number of carbonyl (C=O) groups is 2. The van der Waals surface area contributed by atoms with Gasteiger partial charge in [-0.2, -0.15) is 5.10 Å². The first kappa shape index (κ1) is 18.9. The number of nitrogens with one attached hydrogen (secondary N) is 1. The first-order valence-corrected chi connectivity index (χ1v) is 11.1. The average Bonchev–Trinajstić information content (AvgIpc) is 3.13. The molecule has 0 bridgehead atoms. The normalized spacial score (nSPS) is 22.6. The van der Waals surface area contributed by atoms with Crippen LogP contribution in [0.3, 0.4) is 0 Å². The van der Waals surface area contributed by atoms with Gasteiger partial charge in [-0.15, -0.1) is 10.2 Å². The lowest BCUT2D eigenvalue weighted by Gasteiger charge is -2.27. The molecule has 0 spiro atoms. The molecule has 0 unspecified atom stereocenters. The molecule has 1 N–H and O–H groups in total. The second-order valence-corrected chi connectivity index (χ2v) is 10.2. The molecular weight excluding hydrogens is 378 g/mol. The molecule has 2 amide bonds. The second kappa shape index (κ2) is 7.39. The molecule has 142 valence electrons. The van der Waals surface area contributed by atoms with Crippen molar-refractivity contribution in [2.45, 2.75) is 45.6 Å². The number of nitrogens with zero attached hydrogens (tertiary/aromatic N) is 4. The molecular formula is C15H21N5O4S2. The summed E-state index contributed by atoms with van der Waals surface area (Å²) < 4.78 is 23.3. The molecule has 3 heterocycles. The molecule has 0 aromatic carbocycles. The number of hydrazone groups is 1. The number of amides is 2. The number of hydrogen-bond donors (Lipinski definition) is 1. The van der Waals surface area contributed by atoms with Crippen molar-refractivity contribution in [2.75, 3.05) is 16.8 Å². The minimum atomic E-state index is -3.14. The standard InChI is InChI=1S/C15H21N5O4S2/c1-9(2)7-12-17-18-15(25-12)16-14(22)11-3-4-13(21)20(19-11)10-5-6-26(23,24)8-10/h9-10H,3-8H2,1-2H3,(H,16,18,22)/t10-/m1/s1. The molecule has 0 radical (unpaired) electrons. The Morgan fingerprint density at radius 2 is 2.12 bits per heavy atom. The Balaban J connectivity index is 1.69. The van der Waals surface area contributed by atoms with E-state index in [1.54, 1.807) is 0 Å². The molecule has 0 aliphatic carbocycles. The Morgan fingerprint density at radius 1 is 1.35 bits per heavy atom. The third-order valence-electron chi connectivity index (χ3n) is 4.15. The quantitative estimate of drug-likeness (QED) is 0.783. The molecule has 1 atom stereocenters. The summed E-state index contributed by atoms with van der Waals surface area (Å²) >= 11 is 1.31. The number of carbonyl (C=O) groups excluding carboxylic acids is 2. The molecule has 3 rings (SSSR count). The fraction of sp³-hybridized carbons (Fsp3) is 0.667. The van der Waals surface area contributed by atoms with E-state index in [1.807, 2.05) is 0 Å². The molecule has 1 fully saturated rings. The lowest BCUT2D eigenvalue weighted by Crippen LogP contribution is -2.42. The first-order chi connectivity index (χ1) is 12.2. The van der Waals surface area contributed by atoms with Crippen LogP contribution in [0.4, 0.5) is 5.13 Å². The largest absolute Gasteiger partial charge is 0.295 e.